The van der Waals surface area contributed by atoms with Crippen LogP contribution in [0.1, 0.15) is 6.92 Å². The third-order valence-corrected chi connectivity index (χ3v) is 4.91. The highest BCUT2D eigenvalue weighted by molar-refractivity contribution is 8.01. The molecule has 0 spiro atoms. The zero-order valence-corrected chi connectivity index (χ0v) is 16.6. The summed E-state index contributed by atoms with van der Waals surface area (Å²) in [6, 6.07) is 12.0. The molecule has 28 heavy (non-hydrogen) atoms. The molecule has 0 fully saturated rings. The Hall–Kier alpha value is -2.58. The van der Waals surface area contributed by atoms with Crippen molar-refractivity contribution in [1.82, 2.24) is 5.32 Å². The number of hydrogen-bond acceptors (Lipinski definition) is 4. The van der Waals surface area contributed by atoms with Crippen molar-refractivity contribution in [2.24, 2.45) is 0 Å². The number of carbonyl (C=O) groups excluding carboxylic acids is 3. The van der Waals surface area contributed by atoms with Crippen LogP contribution in [0.5, 0.6) is 0 Å². The molecule has 1 unspecified atom stereocenters. The SMILES string of the molecule is CC(SCC(=O)Nc1ccc(F)cc1)C(=O)NCC(=O)Nc1ccc(Cl)cc1. The second kappa shape index (κ2) is 10.7. The maximum Gasteiger partial charge on any atom is 0.243 e. The Bertz CT molecular complexity index is 831. The molecule has 0 aliphatic heterocycles. The van der Waals surface area contributed by atoms with E-state index in [1.54, 1.807) is 31.2 Å². The largest absolute Gasteiger partial charge is 0.346 e. The Kier molecular flexibility index (Phi) is 8.28. The molecule has 2 aromatic rings. The van der Waals surface area contributed by atoms with E-state index in [9.17, 15) is 18.8 Å². The van der Waals surface area contributed by atoms with Gasteiger partial charge in [0.2, 0.25) is 17.7 Å². The fourth-order valence-electron chi connectivity index (χ4n) is 2.06. The van der Waals surface area contributed by atoms with E-state index in [2.05, 4.69) is 16.0 Å². The minimum atomic E-state index is -0.526. The van der Waals surface area contributed by atoms with E-state index in [0.29, 0.717) is 16.4 Å². The fraction of sp³-hybridized carbons (Fsp3) is 0.211. The number of benzene rings is 2. The number of halogens is 2. The molecule has 0 saturated heterocycles. The van der Waals surface area contributed by atoms with Crippen molar-refractivity contribution in [3.8, 4) is 0 Å². The molecule has 6 nitrogen and oxygen atoms in total. The smallest absolute Gasteiger partial charge is 0.243 e. The number of amides is 3. The van der Waals surface area contributed by atoms with Crippen LogP contribution in [-0.4, -0.2) is 35.3 Å². The van der Waals surface area contributed by atoms with Gasteiger partial charge in [0.1, 0.15) is 5.82 Å². The number of thioether (sulfide) groups is 1. The van der Waals surface area contributed by atoms with Crippen molar-refractivity contribution in [3.05, 3.63) is 59.4 Å². The third-order valence-electron chi connectivity index (χ3n) is 3.51. The third kappa shape index (κ3) is 7.58. The van der Waals surface area contributed by atoms with Crippen LogP contribution in [0.15, 0.2) is 48.5 Å². The molecule has 2 rings (SSSR count). The van der Waals surface area contributed by atoms with Crippen molar-refractivity contribution in [1.29, 1.82) is 0 Å². The lowest BCUT2D eigenvalue weighted by atomic mass is 10.3. The molecule has 3 N–H and O–H groups in total. The molecule has 0 heterocycles. The molecular weight excluding hydrogens is 405 g/mol. The number of hydrogen-bond donors (Lipinski definition) is 3. The average Bonchev–Trinajstić information content (AvgIpc) is 2.67. The Morgan fingerprint density at radius 2 is 1.50 bits per heavy atom. The topological polar surface area (TPSA) is 87.3 Å². The Morgan fingerprint density at radius 1 is 0.964 bits per heavy atom. The molecule has 3 amide bonds. The van der Waals surface area contributed by atoms with E-state index >= 15 is 0 Å². The van der Waals surface area contributed by atoms with Gasteiger partial charge in [-0.05, 0) is 55.5 Å². The number of rotatable bonds is 8. The van der Waals surface area contributed by atoms with Gasteiger partial charge in [-0.15, -0.1) is 11.8 Å². The van der Waals surface area contributed by atoms with E-state index in [0.717, 1.165) is 11.8 Å². The van der Waals surface area contributed by atoms with Crippen LogP contribution >= 0.6 is 23.4 Å². The van der Waals surface area contributed by atoms with Crippen LogP contribution in [0, 0.1) is 5.82 Å². The van der Waals surface area contributed by atoms with Gasteiger partial charge in [-0.3, -0.25) is 14.4 Å². The van der Waals surface area contributed by atoms with E-state index in [-0.39, 0.29) is 30.0 Å². The highest BCUT2D eigenvalue weighted by Gasteiger charge is 2.16. The quantitative estimate of drug-likeness (QED) is 0.608. The molecular formula is C19H19ClFN3O3S. The fourth-order valence-corrected chi connectivity index (χ4v) is 2.89. The highest BCUT2D eigenvalue weighted by Crippen LogP contribution is 2.14. The molecule has 0 radical (unpaired) electrons. The zero-order chi connectivity index (χ0) is 20.5. The maximum absolute atomic E-state index is 12.8. The van der Waals surface area contributed by atoms with Gasteiger partial charge in [-0.1, -0.05) is 11.6 Å². The Balaban J connectivity index is 1.68. The van der Waals surface area contributed by atoms with Crippen LogP contribution < -0.4 is 16.0 Å². The number of anilines is 2. The summed E-state index contributed by atoms with van der Waals surface area (Å²) in [4.78, 5) is 35.8. The summed E-state index contributed by atoms with van der Waals surface area (Å²) in [6.45, 7) is 1.45. The van der Waals surface area contributed by atoms with Gasteiger partial charge in [0.25, 0.3) is 0 Å². The standard InChI is InChI=1S/C19H19ClFN3O3S/c1-12(28-11-18(26)24-16-8-4-14(21)5-9-16)19(27)22-10-17(25)23-15-6-2-13(20)3-7-15/h2-9,12H,10-11H2,1H3,(H,22,27)(H,23,25)(H,24,26). The zero-order valence-electron chi connectivity index (χ0n) is 15.0. The monoisotopic (exact) mass is 423 g/mol. The second-order valence-electron chi connectivity index (χ2n) is 5.78. The van der Waals surface area contributed by atoms with Crippen molar-refractivity contribution in [2.45, 2.75) is 12.2 Å². The summed E-state index contributed by atoms with van der Waals surface area (Å²) in [5.74, 6) is -1.38. The van der Waals surface area contributed by atoms with Gasteiger partial charge in [0.05, 0.1) is 17.5 Å². The van der Waals surface area contributed by atoms with Gasteiger partial charge >= 0.3 is 0 Å². The van der Waals surface area contributed by atoms with Crippen molar-refractivity contribution in [3.63, 3.8) is 0 Å². The normalized spacial score (nSPS) is 11.4. The van der Waals surface area contributed by atoms with Crippen LogP contribution in [0.3, 0.4) is 0 Å². The first kappa shape index (κ1) is 21.7. The predicted molar refractivity (Wildman–Crippen MR) is 110 cm³/mol. The Morgan fingerprint density at radius 3 is 2.11 bits per heavy atom. The van der Waals surface area contributed by atoms with Crippen molar-refractivity contribution >= 4 is 52.5 Å². The average molecular weight is 424 g/mol. The summed E-state index contributed by atoms with van der Waals surface area (Å²) < 4.78 is 12.8. The summed E-state index contributed by atoms with van der Waals surface area (Å²) in [5, 5.41) is 7.80. The number of carbonyl (C=O) groups is 3. The lowest BCUT2D eigenvalue weighted by Gasteiger charge is -2.12. The van der Waals surface area contributed by atoms with E-state index in [1.165, 1.54) is 24.3 Å². The minimum Gasteiger partial charge on any atom is -0.346 e. The molecule has 0 aliphatic carbocycles. The molecule has 9 heteroatoms. The summed E-state index contributed by atoms with van der Waals surface area (Å²) in [6.07, 6.45) is 0. The first-order chi connectivity index (χ1) is 13.3. The van der Waals surface area contributed by atoms with E-state index < -0.39 is 11.1 Å². The molecule has 1 atom stereocenters. The van der Waals surface area contributed by atoms with Gasteiger partial charge in [0, 0.05) is 16.4 Å². The summed E-state index contributed by atoms with van der Waals surface area (Å²) in [5.41, 5.74) is 1.05. The molecule has 0 aromatic heterocycles. The van der Waals surface area contributed by atoms with Crippen molar-refractivity contribution in [2.75, 3.05) is 22.9 Å². The van der Waals surface area contributed by atoms with Gasteiger partial charge in [-0.2, -0.15) is 0 Å². The van der Waals surface area contributed by atoms with Crippen LogP contribution in [-0.2, 0) is 14.4 Å². The molecule has 2 aromatic carbocycles. The van der Waals surface area contributed by atoms with E-state index in [1.807, 2.05) is 0 Å². The Labute approximate surface area is 171 Å². The van der Waals surface area contributed by atoms with E-state index in [4.69, 9.17) is 11.6 Å². The lowest BCUT2D eigenvalue weighted by Crippen LogP contribution is -2.37. The summed E-state index contributed by atoms with van der Waals surface area (Å²) >= 11 is 6.90. The van der Waals surface area contributed by atoms with Gasteiger partial charge < -0.3 is 16.0 Å². The molecule has 0 bridgehead atoms. The maximum atomic E-state index is 12.8. The lowest BCUT2D eigenvalue weighted by molar-refractivity contribution is -0.123. The van der Waals surface area contributed by atoms with Gasteiger partial charge in [-0.25, -0.2) is 4.39 Å². The highest BCUT2D eigenvalue weighted by atomic mass is 35.5. The first-order valence-corrected chi connectivity index (χ1v) is 9.76. The number of nitrogens with one attached hydrogen (secondary N) is 3. The summed E-state index contributed by atoms with van der Waals surface area (Å²) in [7, 11) is 0. The molecule has 148 valence electrons. The van der Waals surface area contributed by atoms with Crippen LogP contribution in [0.25, 0.3) is 0 Å². The second-order valence-corrected chi connectivity index (χ2v) is 7.55. The van der Waals surface area contributed by atoms with Crippen LogP contribution in [0.2, 0.25) is 5.02 Å². The predicted octanol–water partition coefficient (Wildman–Crippen LogP) is 3.29. The first-order valence-electron chi connectivity index (χ1n) is 8.33. The molecule has 0 aliphatic rings. The van der Waals surface area contributed by atoms with Crippen molar-refractivity contribution < 1.29 is 18.8 Å². The van der Waals surface area contributed by atoms with Gasteiger partial charge in [0.15, 0.2) is 0 Å². The minimum absolute atomic E-state index is 0.0446. The molecule has 0 saturated carbocycles. The van der Waals surface area contributed by atoms with Crippen LogP contribution in [0.4, 0.5) is 15.8 Å².